The second kappa shape index (κ2) is 9.27. The first-order chi connectivity index (χ1) is 16.2. The van der Waals surface area contributed by atoms with E-state index in [0.29, 0.717) is 12.1 Å². The highest BCUT2D eigenvalue weighted by Gasteiger charge is 2.26. The van der Waals surface area contributed by atoms with Crippen LogP contribution in [0.4, 0.5) is 11.5 Å². The fourth-order valence-corrected chi connectivity index (χ4v) is 4.40. The van der Waals surface area contributed by atoms with Crippen LogP contribution in [0.1, 0.15) is 12.5 Å². The maximum absolute atomic E-state index is 9.44. The number of anilines is 2. The Labute approximate surface area is 193 Å². The fraction of sp³-hybridized carbons (Fsp3) is 0.222. The lowest BCUT2D eigenvalue weighted by Gasteiger charge is -2.38. The zero-order valence-electron chi connectivity index (χ0n) is 18.5. The molecule has 0 saturated carbocycles. The van der Waals surface area contributed by atoms with Gasteiger partial charge in [-0.05, 0) is 48.9 Å². The van der Waals surface area contributed by atoms with Crippen molar-refractivity contribution in [2.45, 2.75) is 19.1 Å². The van der Waals surface area contributed by atoms with Crippen LogP contribution in [0.25, 0.3) is 22.0 Å². The molecule has 2 aromatic carbocycles. The van der Waals surface area contributed by atoms with E-state index in [9.17, 15) is 5.26 Å². The first-order valence-corrected chi connectivity index (χ1v) is 11.1. The zero-order valence-corrected chi connectivity index (χ0v) is 18.5. The summed E-state index contributed by atoms with van der Waals surface area (Å²) in [5.41, 5.74) is 4.67. The van der Waals surface area contributed by atoms with Crippen LogP contribution < -0.4 is 10.2 Å². The van der Waals surface area contributed by atoms with Crippen LogP contribution in [-0.4, -0.2) is 41.8 Å². The van der Waals surface area contributed by atoms with Crippen LogP contribution in [0.3, 0.4) is 0 Å². The van der Waals surface area contributed by atoms with E-state index in [1.54, 1.807) is 6.20 Å². The monoisotopic (exact) mass is 435 g/mol. The van der Waals surface area contributed by atoms with Gasteiger partial charge in [0, 0.05) is 48.7 Å². The van der Waals surface area contributed by atoms with Crippen LogP contribution in [0, 0.1) is 11.3 Å². The van der Waals surface area contributed by atoms with Gasteiger partial charge in [0.1, 0.15) is 11.9 Å². The summed E-state index contributed by atoms with van der Waals surface area (Å²) in [6, 6.07) is 24.4. The molecule has 2 aromatic heterocycles. The number of aromatic nitrogens is 2. The molecule has 3 heterocycles. The Morgan fingerprint density at radius 3 is 2.67 bits per heavy atom. The topological polar surface area (TPSA) is 74.1 Å². The number of pyridine rings is 2. The third-order valence-electron chi connectivity index (χ3n) is 5.92. The number of morpholine rings is 1. The predicted octanol–water partition coefficient (Wildman–Crippen LogP) is 4.87. The standard InChI is InChI=1S/C27H25N5O/c1-19-17-32(25-11-9-21(14-28)27-24(25)8-5-13-29-27)18-23(33-19)16-31-26-12-10-22(15-30-26)20-6-3-2-4-7-20/h2-13,15,19,23H,16-18H2,1H3,(H,30,31)/t19-,23+/m1/s1. The van der Waals surface area contributed by atoms with Gasteiger partial charge in [-0.25, -0.2) is 4.98 Å². The normalized spacial score (nSPS) is 18.1. The van der Waals surface area contributed by atoms with Crippen molar-refractivity contribution in [2.24, 2.45) is 0 Å². The highest BCUT2D eigenvalue weighted by atomic mass is 16.5. The molecule has 2 atom stereocenters. The van der Waals surface area contributed by atoms with Gasteiger partial charge in [0.25, 0.3) is 0 Å². The second-order valence-electron chi connectivity index (χ2n) is 8.30. The summed E-state index contributed by atoms with van der Waals surface area (Å²) in [5.74, 6) is 0.830. The van der Waals surface area contributed by atoms with E-state index >= 15 is 0 Å². The average molecular weight is 436 g/mol. The van der Waals surface area contributed by atoms with Crippen LogP contribution in [-0.2, 0) is 4.74 Å². The number of hydrogen-bond donors (Lipinski definition) is 1. The summed E-state index contributed by atoms with van der Waals surface area (Å²) in [6.07, 6.45) is 3.72. The number of benzene rings is 2. The highest BCUT2D eigenvalue weighted by Crippen LogP contribution is 2.30. The maximum Gasteiger partial charge on any atom is 0.126 e. The molecule has 1 fully saturated rings. The molecule has 0 radical (unpaired) electrons. The number of hydrogen-bond acceptors (Lipinski definition) is 6. The van der Waals surface area contributed by atoms with Crippen LogP contribution >= 0.6 is 0 Å². The third-order valence-corrected chi connectivity index (χ3v) is 5.92. The van der Waals surface area contributed by atoms with Gasteiger partial charge in [-0.3, -0.25) is 4.98 Å². The van der Waals surface area contributed by atoms with Crippen molar-refractivity contribution in [3.63, 3.8) is 0 Å². The van der Waals surface area contributed by atoms with Gasteiger partial charge in [0.2, 0.25) is 0 Å². The molecule has 5 rings (SSSR count). The SMILES string of the molecule is C[C@@H]1CN(c2ccc(C#N)c3ncccc23)C[C@H](CNc2ccc(-c3ccccc3)cn2)O1. The number of rotatable bonds is 5. The molecule has 1 aliphatic rings. The number of fused-ring (bicyclic) bond motifs is 1. The van der Waals surface area contributed by atoms with Gasteiger partial charge < -0.3 is 15.0 Å². The number of ether oxygens (including phenoxy) is 1. The molecular weight excluding hydrogens is 410 g/mol. The lowest BCUT2D eigenvalue weighted by Crippen LogP contribution is -2.49. The van der Waals surface area contributed by atoms with E-state index in [4.69, 9.17) is 4.74 Å². The Bertz CT molecular complexity index is 1280. The van der Waals surface area contributed by atoms with Crippen molar-refractivity contribution in [2.75, 3.05) is 29.9 Å². The Morgan fingerprint density at radius 2 is 1.88 bits per heavy atom. The summed E-state index contributed by atoms with van der Waals surface area (Å²) in [6.45, 7) is 4.28. The molecule has 0 spiro atoms. The molecule has 1 N–H and O–H groups in total. The fourth-order valence-electron chi connectivity index (χ4n) is 4.40. The molecule has 164 valence electrons. The van der Waals surface area contributed by atoms with Crippen LogP contribution in [0.5, 0.6) is 0 Å². The molecule has 1 saturated heterocycles. The highest BCUT2D eigenvalue weighted by molar-refractivity contribution is 5.95. The summed E-state index contributed by atoms with van der Waals surface area (Å²) in [4.78, 5) is 11.4. The summed E-state index contributed by atoms with van der Waals surface area (Å²) in [7, 11) is 0. The van der Waals surface area contributed by atoms with Crippen molar-refractivity contribution in [1.82, 2.24) is 9.97 Å². The Morgan fingerprint density at radius 1 is 1.00 bits per heavy atom. The van der Waals surface area contributed by atoms with Crippen molar-refractivity contribution < 1.29 is 4.74 Å². The first-order valence-electron chi connectivity index (χ1n) is 11.1. The average Bonchev–Trinajstić information content (AvgIpc) is 2.87. The summed E-state index contributed by atoms with van der Waals surface area (Å²) in [5, 5.41) is 13.9. The van der Waals surface area contributed by atoms with Crippen molar-refractivity contribution in [3.8, 4) is 17.2 Å². The minimum Gasteiger partial charge on any atom is -0.370 e. The smallest absolute Gasteiger partial charge is 0.126 e. The quantitative estimate of drug-likeness (QED) is 0.482. The molecular formula is C27H25N5O. The minimum atomic E-state index is 0.00622. The minimum absolute atomic E-state index is 0.00622. The van der Waals surface area contributed by atoms with Crippen LogP contribution in [0.15, 0.2) is 79.1 Å². The second-order valence-corrected chi connectivity index (χ2v) is 8.30. The zero-order chi connectivity index (χ0) is 22.6. The van der Waals surface area contributed by atoms with E-state index in [2.05, 4.69) is 51.4 Å². The van der Waals surface area contributed by atoms with E-state index in [1.807, 2.05) is 54.7 Å². The van der Waals surface area contributed by atoms with Crippen LogP contribution in [0.2, 0.25) is 0 Å². The number of nitrogens with one attached hydrogen (secondary N) is 1. The van der Waals surface area contributed by atoms with E-state index in [1.165, 1.54) is 0 Å². The molecule has 6 heteroatoms. The molecule has 0 aliphatic carbocycles. The Hall–Kier alpha value is -3.95. The molecule has 1 aliphatic heterocycles. The Balaban J connectivity index is 1.29. The van der Waals surface area contributed by atoms with Gasteiger partial charge in [-0.15, -0.1) is 0 Å². The van der Waals surface area contributed by atoms with Gasteiger partial charge >= 0.3 is 0 Å². The number of nitrogens with zero attached hydrogens (tertiary/aromatic N) is 4. The summed E-state index contributed by atoms with van der Waals surface area (Å²) >= 11 is 0. The van der Waals surface area contributed by atoms with Crippen molar-refractivity contribution in [1.29, 1.82) is 5.26 Å². The molecule has 33 heavy (non-hydrogen) atoms. The van der Waals surface area contributed by atoms with E-state index in [0.717, 1.165) is 46.6 Å². The first kappa shape index (κ1) is 20.9. The largest absolute Gasteiger partial charge is 0.370 e. The van der Waals surface area contributed by atoms with E-state index < -0.39 is 0 Å². The van der Waals surface area contributed by atoms with Crippen molar-refractivity contribution in [3.05, 3.63) is 84.7 Å². The molecule has 0 bridgehead atoms. The van der Waals surface area contributed by atoms with Gasteiger partial charge in [0.15, 0.2) is 0 Å². The number of nitriles is 1. The third kappa shape index (κ3) is 4.50. The Kier molecular flexibility index (Phi) is 5.88. The lowest BCUT2D eigenvalue weighted by molar-refractivity contribution is -0.00823. The van der Waals surface area contributed by atoms with Gasteiger partial charge in [-0.2, -0.15) is 5.26 Å². The molecule has 4 aromatic rings. The maximum atomic E-state index is 9.44. The molecule has 0 unspecified atom stereocenters. The van der Waals surface area contributed by atoms with E-state index in [-0.39, 0.29) is 12.2 Å². The predicted molar refractivity (Wildman–Crippen MR) is 131 cm³/mol. The summed E-state index contributed by atoms with van der Waals surface area (Å²) < 4.78 is 6.21. The van der Waals surface area contributed by atoms with Gasteiger partial charge in [0.05, 0.1) is 23.3 Å². The molecule has 6 nitrogen and oxygen atoms in total. The van der Waals surface area contributed by atoms with Gasteiger partial charge in [-0.1, -0.05) is 30.3 Å². The lowest BCUT2D eigenvalue weighted by atomic mass is 10.1. The molecule has 0 amide bonds. The van der Waals surface area contributed by atoms with Crippen molar-refractivity contribution >= 4 is 22.4 Å².